The van der Waals surface area contributed by atoms with Gasteiger partial charge in [-0.1, -0.05) is 40.0 Å². The molecule has 1 heterocycles. The van der Waals surface area contributed by atoms with Gasteiger partial charge >= 0.3 is 0 Å². The van der Waals surface area contributed by atoms with Crippen LogP contribution in [0.25, 0.3) is 0 Å². The Bertz CT molecular complexity index is 369. The molecule has 1 aromatic rings. The largest absolute Gasteiger partial charge is 0.327 e. The van der Waals surface area contributed by atoms with E-state index in [0.717, 1.165) is 12.1 Å². The van der Waals surface area contributed by atoms with Gasteiger partial charge in [-0.2, -0.15) is 5.10 Å². The highest BCUT2D eigenvalue weighted by Crippen LogP contribution is 2.28. The normalized spacial score (nSPS) is 20.0. The number of nitrogens with zero attached hydrogens (tertiary/aromatic N) is 2. The SMILES string of the molecule is CC(C)(C)C(N)Cc1ccn(C2CCCCC2)n1. The summed E-state index contributed by atoms with van der Waals surface area (Å²) in [6, 6.07) is 2.94. The number of hydrogen-bond donors (Lipinski definition) is 1. The predicted molar refractivity (Wildman–Crippen MR) is 75.5 cm³/mol. The highest BCUT2D eigenvalue weighted by atomic mass is 15.3. The molecule has 0 spiro atoms. The van der Waals surface area contributed by atoms with Crippen molar-refractivity contribution in [1.29, 1.82) is 0 Å². The molecule has 1 aliphatic carbocycles. The zero-order valence-corrected chi connectivity index (χ0v) is 12.0. The smallest absolute Gasteiger partial charge is 0.0640 e. The van der Waals surface area contributed by atoms with Crippen LogP contribution in [-0.2, 0) is 6.42 Å². The number of nitrogens with two attached hydrogens (primary N) is 1. The molecule has 0 bridgehead atoms. The van der Waals surface area contributed by atoms with Crippen molar-refractivity contribution in [2.45, 2.75) is 71.4 Å². The lowest BCUT2D eigenvalue weighted by Gasteiger charge is -2.26. The molecule has 1 saturated carbocycles. The fourth-order valence-corrected chi connectivity index (χ4v) is 2.57. The van der Waals surface area contributed by atoms with E-state index in [4.69, 9.17) is 10.8 Å². The number of hydrogen-bond acceptors (Lipinski definition) is 2. The second kappa shape index (κ2) is 5.43. The molecule has 1 aromatic heterocycles. The molecule has 0 radical (unpaired) electrons. The van der Waals surface area contributed by atoms with Gasteiger partial charge in [-0.05, 0) is 24.3 Å². The standard InChI is InChI=1S/C15H27N3/c1-15(2,3)14(16)11-12-9-10-18(17-12)13-7-5-4-6-8-13/h9-10,13-14H,4-8,11,16H2,1-3H3. The first-order valence-corrected chi connectivity index (χ1v) is 7.26. The average molecular weight is 249 g/mol. The van der Waals surface area contributed by atoms with E-state index >= 15 is 0 Å². The van der Waals surface area contributed by atoms with Crippen LogP contribution in [0.1, 0.15) is 64.6 Å². The first kappa shape index (κ1) is 13.6. The van der Waals surface area contributed by atoms with Crippen molar-refractivity contribution in [3.05, 3.63) is 18.0 Å². The molecule has 3 nitrogen and oxygen atoms in total. The van der Waals surface area contributed by atoms with E-state index in [9.17, 15) is 0 Å². The Kier molecular flexibility index (Phi) is 4.10. The summed E-state index contributed by atoms with van der Waals surface area (Å²) in [5.74, 6) is 0. The van der Waals surface area contributed by atoms with Crippen molar-refractivity contribution in [3.63, 3.8) is 0 Å². The molecule has 2 N–H and O–H groups in total. The third-order valence-electron chi connectivity index (χ3n) is 4.15. The van der Waals surface area contributed by atoms with Crippen LogP contribution in [0.5, 0.6) is 0 Å². The Hall–Kier alpha value is -0.830. The van der Waals surface area contributed by atoms with E-state index in [1.807, 2.05) is 0 Å². The monoisotopic (exact) mass is 249 g/mol. The molecule has 0 amide bonds. The fourth-order valence-electron chi connectivity index (χ4n) is 2.57. The van der Waals surface area contributed by atoms with E-state index in [-0.39, 0.29) is 11.5 Å². The number of aromatic nitrogens is 2. The summed E-state index contributed by atoms with van der Waals surface area (Å²) in [5.41, 5.74) is 7.51. The topological polar surface area (TPSA) is 43.8 Å². The van der Waals surface area contributed by atoms with Gasteiger partial charge in [-0.25, -0.2) is 0 Å². The van der Waals surface area contributed by atoms with Crippen LogP contribution >= 0.6 is 0 Å². The maximum Gasteiger partial charge on any atom is 0.0640 e. The third-order valence-corrected chi connectivity index (χ3v) is 4.15. The minimum absolute atomic E-state index is 0.147. The molecule has 18 heavy (non-hydrogen) atoms. The lowest BCUT2D eigenvalue weighted by Crippen LogP contribution is -2.37. The van der Waals surface area contributed by atoms with Gasteiger partial charge in [0, 0.05) is 18.7 Å². The minimum atomic E-state index is 0.147. The van der Waals surface area contributed by atoms with Crippen molar-refractivity contribution in [3.8, 4) is 0 Å². The van der Waals surface area contributed by atoms with Crippen LogP contribution in [0.15, 0.2) is 12.3 Å². The van der Waals surface area contributed by atoms with Crippen molar-refractivity contribution in [2.75, 3.05) is 0 Å². The summed E-state index contributed by atoms with van der Waals surface area (Å²) in [4.78, 5) is 0. The maximum absolute atomic E-state index is 6.22. The lowest BCUT2D eigenvalue weighted by molar-refractivity contribution is 0.309. The van der Waals surface area contributed by atoms with E-state index < -0.39 is 0 Å². The van der Waals surface area contributed by atoms with Crippen LogP contribution in [-0.4, -0.2) is 15.8 Å². The molecule has 0 aromatic carbocycles. The van der Waals surface area contributed by atoms with Gasteiger partial charge in [0.05, 0.1) is 11.7 Å². The Morgan fingerprint density at radius 3 is 2.61 bits per heavy atom. The van der Waals surface area contributed by atoms with E-state index in [2.05, 4.69) is 37.7 Å². The Labute approximate surface area is 111 Å². The molecular weight excluding hydrogens is 222 g/mol. The minimum Gasteiger partial charge on any atom is -0.327 e. The van der Waals surface area contributed by atoms with Crippen LogP contribution in [0.2, 0.25) is 0 Å². The van der Waals surface area contributed by atoms with Crippen molar-refractivity contribution >= 4 is 0 Å². The van der Waals surface area contributed by atoms with Gasteiger partial charge in [0.25, 0.3) is 0 Å². The van der Waals surface area contributed by atoms with E-state index in [0.29, 0.717) is 6.04 Å². The first-order chi connectivity index (χ1) is 8.47. The fraction of sp³-hybridized carbons (Fsp3) is 0.800. The first-order valence-electron chi connectivity index (χ1n) is 7.26. The molecule has 0 saturated heterocycles. The number of rotatable bonds is 3. The van der Waals surface area contributed by atoms with Crippen molar-refractivity contribution < 1.29 is 0 Å². The maximum atomic E-state index is 6.22. The van der Waals surface area contributed by atoms with Crippen LogP contribution in [0.3, 0.4) is 0 Å². The molecule has 1 unspecified atom stereocenters. The summed E-state index contributed by atoms with van der Waals surface area (Å²) in [5, 5.41) is 4.72. The molecule has 2 rings (SSSR count). The second-order valence-electron chi connectivity index (χ2n) is 6.76. The van der Waals surface area contributed by atoms with E-state index in [1.165, 1.54) is 32.1 Å². The zero-order valence-electron chi connectivity index (χ0n) is 12.0. The van der Waals surface area contributed by atoms with Gasteiger partial charge in [0.15, 0.2) is 0 Å². The average Bonchev–Trinajstić information content (AvgIpc) is 2.77. The quantitative estimate of drug-likeness (QED) is 0.893. The van der Waals surface area contributed by atoms with Gasteiger partial charge in [-0.3, -0.25) is 4.68 Å². The van der Waals surface area contributed by atoms with Crippen LogP contribution in [0, 0.1) is 5.41 Å². The predicted octanol–water partition coefficient (Wildman–Crippen LogP) is 3.30. The van der Waals surface area contributed by atoms with Gasteiger partial charge in [0.1, 0.15) is 0 Å². The van der Waals surface area contributed by atoms with E-state index in [1.54, 1.807) is 0 Å². The van der Waals surface area contributed by atoms with Crippen molar-refractivity contribution in [1.82, 2.24) is 9.78 Å². The summed E-state index contributed by atoms with van der Waals surface area (Å²) in [6.07, 6.45) is 9.67. The molecule has 102 valence electrons. The highest BCUT2D eigenvalue weighted by molar-refractivity contribution is 5.03. The third kappa shape index (κ3) is 3.35. The summed E-state index contributed by atoms with van der Waals surface area (Å²) >= 11 is 0. The van der Waals surface area contributed by atoms with Gasteiger partial charge in [0.2, 0.25) is 0 Å². The molecule has 1 atom stereocenters. The van der Waals surface area contributed by atoms with Crippen molar-refractivity contribution in [2.24, 2.45) is 11.1 Å². The van der Waals surface area contributed by atoms with Gasteiger partial charge < -0.3 is 5.73 Å². The molecule has 0 aliphatic heterocycles. The Morgan fingerprint density at radius 1 is 1.33 bits per heavy atom. The molecular formula is C15H27N3. The van der Waals surface area contributed by atoms with Crippen LogP contribution in [0.4, 0.5) is 0 Å². The Morgan fingerprint density at radius 2 is 2.00 bits per heavy atom. The molecule has 3 heteroatoms. The molecule has 1 aliphatic rings. The lowest BCUT2D eigenvalue weighted by atomic mass is 9.85. The summed E-state index contributed by atoms with van der Waals surface area (Å²) in [6.45, 7) is 6.57. The highest BCUT2D eigenvalue weighted by Gasteiger charge is 2.22. The zero-order chi connectivity index (χ0) is 13.2. The van der Waals surface area contributed by atoms with Gasteiger partial charge in [-0.15, -0.1) is 0 Å². The summed E-state index contributed by atoms with van der Waals surface area (Å²) in [7, 11) is 0. The summed E-state index contributed by atoms with van der Waals surface area (Å²) < 4.78 is 2.17. The van der Waals surface area contributed by atoms with Crippen LogP contribution < -0.4 is 5.73 Å². The molecule has 1 fully saturated rings. The Balaban J connectivity index is 1.97. The second-order valence-corrected chi connectivity index (χ2v) is 6.76.